The van der Waals surface area contributed by atoms with Gasteiger partial charge in [0, 0.05) is 13.1 Å². The average Bonchev–Trinajstić information content (AvgIpc) is 2.08. The van der Waals surface area contributed by atoms with Crippen LogP contribution < -0.4 is 29.6 Å². The Morgan fingerprint density at radius 2 is 1.70 bits per heavy atom. The molecule has 1 rings (SSSR count). The van der Waals surface area contributed by atoms with Gasteiger partial charge in [-0.25, -0.2) is 0 Å². The molecule has 1 N–H and O–H groups in total. The molecule has 0 aromatic carbocycles. The summed E-state index contributed by atoms with van der Waals surface area (Å²) in [5.74, 6) is 0. The van der Waals surface area contributed by atoms with Crippen molar-refractivity contribution < 1.29 is 44.0 Å². The maximum Gasteiger partial charge on any atom is 1.00 e. The third-order valence-corrected chi connectivity index (χ3v) is 2.41. The van der Waals surface area contributed by atoms with Crippen LogP contribution in [0.2, 0.25) is 0 Å². The fourth-order valence-electron chi connectivity index (χ4n) is 0.919. The van der Waals surface area contributed by atoms with Gasteiger partial charge in [-0.15, -0.1) is 0 Å². The molecule has 0 spiro atoms. The van der Waals surface area contributed by atoms with E-state index in [2.05, 4.69) is 0 Å². The number of hydrogen-bond donors (Lipinski definition) is 1. The second kappa shape index (κ2) is 4.04. The molecule has 1 aliphatic rings. The standard InChI is InChI=1S/C4H9NO3S.Na.H/c6-9(7,8)5-3-1-2-4-5;;/h1-4H2,(H,6,7,8);;/q;+1;-1. The molecular formula is C4H10NNaO3S. The fourth-order valence-corrected chi connectivity index (χ4v) is 1.64. The molecule has 1 heterocycles. The van der Waals surface area contributed by atoms with E-state index in [0.717, 1.165) is 17.1 Å². The minimum absolute atomic E-state index is 0. The van der Waals surface area contributed by atoms with Crippen LogP contribution in [0.5, 0.6) is 0 Å². The molecule has 0 bridgehead atoms. The Bertz CT molecular complexity index is 190. The molecule has 1 aliphatic heterocycles. The normalized spacial score (nSPS) is 20.5. The quantitative estimate of drug-likeness (QED) is 0.341. The van der Waals surface area contributed by atoms with Gasteiger partial charge in [0.2, 0.25) is 0 Å². The molecular weight excluding hydrogens is 165 g/mol. The van der Waals surface area contributed by atoms with Crippen LogP contribution in [0.25, 0.3) is 0 Å². The Balaban J connectivity index is 0. The van der Waals surface area contributed by atoms with E-state index in [0.29, 0.717) is 13.1 Å². The van der Waals surface area contributed by atoms with E-state index in [1.54, 1.807) is 0 Å². The zero-order chi connectivity index (χ0) is 6.91. The predicted molar refractivity (Wildman–Crippen MR) is 33.5 cm³/mol. The molecule has 1 saturated heterocycles. The fraction of sp³-hybridized carbons (Fsp3) is 1.00. The molecule has 0 aliphatic carbocycles. The molecule has 0 radical (unpaired) electrons. The summed E-state index contributed by atoms with van der Waals surface area (Å²) >= 11 is 0. The van der Waals surface area contributed by atoms with Gasteiger partial charge in [0.1, 0.15) is 0 Å². The Labute approximate surface area is 84.3 Å². The van der Waals surface area contributed by atoms with Gasteiger partial charge in [-0.3, -0.25) is 4.55 Å². The van der Waals surface area contributed by atoms with Crippen molar-refractivity contribution in [1.29, 1.82) is 0 Å². The van der Waals surface area contributed by atoms with E-state index in [1.165, 1.54) is 0 Å². The summed E-state index contributed by atoms with van der Waals surface area (Å²) < 4.78 is 30.1. The first-order valence-electron chi connectivity index (χ1n) is 2.83. The molecule has 0 unspecified atom stereocenters. The van der Waals surface area contributed by atoms with Gasteiger partial charge in [0.05, 0.1) is 0 Å². The smallest absolute Gasteiger partial charge is 1.00 e. The molecule has 0 atom stereocenters. The summed E-state index contributed by atoms with van der Waals surface area (Å²) in [5, 5.41) is 0. The van der Waals surface area contributed by atoms with Crippen molar-refractivity contribution in [3.63, 3.8) is 0 Å². The van der Waals surface area contributed by atoms with Gasteiger partial charge < -0.3 is 1.43 Å². The van der Waals surface area contributed by atoms with Crippen molar-refractivity contribution in [2.75, 3.05) is 13.1 Å². The molecule has 56 valence electrons. The van der Waals surface area contributed by atoms with Crippen LogP contribution in [0.3, 0.4) is 0 Å². The van der Waals surface area contributed by atoms with Crippen molar-refractivity contribution >= 4 is 10.3 Å². The van der Waals surface area contributed by atoms with E-state index < -0.39 is 10.3 Å². The van der Waals surface area contributed by atoms with Crippen molar-refractivity contribution in [2.24, 2.45) is 0 Å². The van der Waals surface area contributed by atoms with Gasteiger partial charge in [-0.1, -0.05) is 0 Å². The first-order valence-corrected chi connectivity index (χ1v) is 4.23. The second-order valence-corrected chi connectivity index (χ2v) is 3.50. The Kier molecular flexibility index (Phi) is 4.39. The van der Waals surface area contributed by atoms with E-state index >= 15 is 0 Å². The van der Waals surface area contributed by atoms with Gasteiger partial charge in [-0.2, -0.15) is 12.7 Å². The molecule has 0 aromatic heterocycles. The minimum atomic E-state index is -3.87. The Morgan fingerprint density at radius 3 is 1.90 bits per heavy atom. The van der Waals surface area contributed by atoms with Crippen molar-refractivity contribution in [1.82, 2.24) is 4.31 Å². The molecule has 0 amide bonds. The van der Waals surface area contributed by atoms with Crippen LogP contribution in [0, 0.1) is 0 Å². The molecule has 4 nitrogen and oxygen atoms in total. The van der Waals surface area contributed by atoms with Crippen LogP contribution in [-0.4, -0.2) is 30.4 Å². The van der Waals surface area contributed by atoms with Crippen LogP contribution in [0.4, 0.5) is 0 Å². The molecule has 6 heteroatoms. The van der Waals surface area contributed by atoms with Crippen molar-refractivity contribution in [3.05, 3.63) is 0 Å². The van der Waals surface area contributed by atoms with E-state index in [9.17, 15) is 8.42 Å². The Morgan fingerprint density at radius 1 is 1.30 bits per heavy atom. The number of nitrogens with zero attached hydrogens (tertiary/aromatic N) is 1. The van der Waals surface area contributed by atoms with Crippen LogP contribution in [0.15, 0.2) is 0 Å². The van der Waals surface area contributed by atoms with Gasteiger partial charge >= 0.3 is 39.9 Å². The van der Waals surface area contributed by atoms with Gasteiger partial charge in [-0.05, 0) is 12.8 Å². The van der Waals surface area contributed by atoms with E-state index in [-0.39, 0.29) is 31.0 Å². The van der Waals surface area contributed by atoms with Crippen molar-refractivity contribution in [2.45, 2.75) is 12.8 Å². The largest absolute Gasteiger partial charge is 1.00 e. The third-order valence-electron chi connectivity index (χ3n) is 1.39. The van der Waals surface area contributed by atoms with E-state index in [1.807, 2.05) is 0 Å². The summed E-state index contributed by atoms with van der Waals surface area (Å²) in [6, 6.07) is 0. The van der Waals surface area contributed by atoms with Crippen molar-refractivity contribution in [3.8, 4) is 0 Å². The monoisotopic (exact) mass is 175 g/mol. The van der Waals surface area contributed by atoms with Gasteiger partial charge in [0.25, 0.3) is 0 Å². The predicted octanol–water partition coefficient (Wildman–Crippen LogP) is -3.00. The zero-order valence-electron chi connectivity index (χ0n) is 6.95. The maximum absolute atomic E-state index is 10.3. The van der Waals surface area contributed by atoms with Gasteiger partial charge in [0.15, 0.2) is 0 Å². The second-order valence-electron chi connectivity index (χ2n) is 2.08. The first kappa shape index (κ1) is 10.9. The average molecular weight is 175 g/mol. The van der Waals surface area contributed by atoms with Crippen LogP contribution in [0.1, 0.15) is 14.3 Å². The number of rotatable bonds is 1. The first-order chi connectivity index (χ1) is 4.11. The summed E-state index contributed by atoms with van der Waals surface area (Å²) in [5.41, 5.74) is 0. The SMILES string of the molecule is O=S(=O)(O)N1CCCC1.[H-].[Na+]. The van der Waals surface area contributed by atoms with Crippen LogP contribution in [-0.2, 0) is 10.3 Å². The van der Waals surface area contributed by atoms with Crippen LogP contribution >= 0.6 is 0 Å². The topological polar surface area (TPSA) is 57.6 Å². The summed E-state index contributed by atoms with van der Waals surface area (Å²) in [7, 11) is -3.87. The summed E-state index contributed by atoms with van der Waals surface area (Å²) in [6.07, 6.45) is 1.72. The zero-order valence-corrected chi connectivity index (χ0v) is 8.76. The Hall–Kier alpha value is 0.870. The summed E-state index contributed by atoms with van der Waals surface area (Å²) in [6.45, 7) is 0.942. The molecule has 10 heavy (non-hydrogen) atoms. The maximum atomic E-state index is 10.3. The minimum Gasteiger partial charge on any atom is -1.00 e. The molecule has 0 saturated carbocycles. The molecule has 0 aromatic rings. The third kappa shape index (κ3) is 2.86. The summed E-state index contributed by atoms with van der Waals surface area (Å²) in [4.78, 5) is 0. The van der Waals surface area contributed by atoms with E-state index in [4.69, 9.17) is 4.55 Å². The number of hydrogen-bond acceptors (Lipinski definition) is 2. The molecule has 1 fully saturated rings.